The van der Waals surface area contributed by atoms with E-state index >= 15 is 0 Å². The Hall–Kier alpha value is -2.73. The summed E-state index contributed by atoms with van der Waals surface area (Å²) >= 11 is 0. The molecule has 3 rings (SSSR count). The normalized spacial score (nSPS) is 15.8. The fraction of sp³-hybridized carbons (Fsp3) is 0.409. The van der Waals surface area contributed by atoms with Crippen LogP contribution in [0.25, 0.3) is 0 Å². The van der Waals surface area contributed by atoms with Crippen molar-refractivity contribution in [1.82, 2.24) is 4.90 Å². The number of methoxy groups -OCH3 is 1. The van der Waals surface area contributed by atoms with Gasteiger partial charge in [-0.25, -0.2) is 4.79 Å². The zero-order chi connectivity index (χ0) is 19.8. The summed E-state index contributed by atoms with van der Waals surface area (Å²) in [7, 11) is 1.69. The van der Waals surface area contributed by atoms with Crippen LogP contribution in [0.1, 0.15) is 24.5 Å². The predicted molar refractivity (Wildman–Crippen MR) is 111 cm³/mol. The van der Waals surface area contributed by atoms with Crippen molar-refractivity contribution in [3.63, 3.8) is 0 Å². The Bertz CT molecular complexity index is 728. The van der Waals surface area contributed by atoms with Gasteiger partial charge in [-0.1, -0.05) is 30.3 Å². The van der Waals surface area contributed by atoms with E-state index < -0.39 is 6.09 Å². The summed E-state index contributed by atoms with van der Waals surface area (Å²) in [6, 6.07) is 18.0. The van der Waals surface area contributed by atoms with Crippen molar-refractivity contribution in [2.24, 2.45) is 5.73 Å². The molecule has 28 heavy (non-hydrogen) atoms. The lowest BCUT2D eigenvalue weighted by Crippen LogP contribution is -2.46. The fourth-order valence-corrected chi connectivity index (χ4v) is 3.62. The van der Waals surface area contributed by atoms with E-state index in [4.69, 9.17) is 15.2 Å². The lowest BCUT2D eigenvalue weighted by atomic mass is 10.0. The summed E-state index contributed by atoms with van der Waals surface area (Å²) in [5, 5.41) is 0. The Morgan fingerprint density at radius 2 is 1.71 bits per heavy atom. The highest BCUT2D eigenvalue weighted by Gasteiger charge is 2.19. The molecule has 0 radical (unpaired) electrons. The monoisotopic (exact) mass is 383 g/mol. The molecule has 1 atom stereocenters. The van der Waals surface area contributed by atoms with E-state index in [1.807, 2.05) is 42.5 Å². The zero-order valence-corrected chi connectivity index (χ0v) is 16.4. The molecule has 1 amide bonds. The van der Waals surface area contributed by atoms with Crippen LogP contribution in [0.5, 0.6) is 5.75 Å². The van der Waals surface area contributed by atoms with Crippen molar-refractivity contribution in [2.45, 2.75) is 18.9 Å². The Balaban J connectivity index is 1.44. The van der Waals surface area contributed by atoms with Crippen LogP contribution in [0.2, 0.25) is 0 Å². The van der Waals surface area contributed by atoms with Crippen LogP contribution >= 0.6 is 0 Å². The number of primary amides is 1. The summed E-state index contributed by atoms with van der Waals surface area (Å²) in [4.78, 5) is 16.1. The molecular formula is C22H29N3O3. The van der Waals surface area contributed by atoms with Crippen molar-refractivity contribution >= 4 is 11.8 Å². The molecule has 2 N–H and O–H groups in total. The molecule has 1 aliphatic heterocycles. The predicted octanol–water partition coefficient (Wildman–Crippen LogP) is 3.43. The van der Waals surface area contributed by atoms with Crippen molar-refractivity contribution < 1.29 is 14.3 Å². The second-order valence-corrected chi connectivity index (χ2v) is 7.01. The number of amides is 1. The summed E-state index contributed by atoms with van der Waals surface area (Å²) in [5.74, 6) is 0.883. The lowest BCUT2D eigenvalue weighted by Gasteiger charge is -2.36. The lowest BCUT2D eigenvalue weighted by molar-refractivity contribution is 0.0968. The molecule has 150 valence electrons. The molecule has 6 nitrogen and oxygen atoms in total. The number of anilines is 1. The highest BCUT2D eigenvalue weighted by Crippen LogP contribution is 2.24. The SMILES string of the molecule is COc1ccc(N2CCN(CCC[C@@H](OC(N)=O)c3ccccc3)CC2)cc1. The van der Waals surface area contributed by atoms with E-state index in [2.05, 4.69) is 21.9 Å². The smallest absolute Gasteiger partial charge is 0.405 e. The molecule has 0 unspecified atom stereocenters. The first-order valence-corrected chi connectivity index (χ1v) is 9.78. The molecule has 0 aliphatic carbocycles. The van der Waals surface area contributed by atoms with Crippen LogP contribution in [0.15, 0.2) is 54.6 Å². The van der Waals surface area contributed by atoms with Gasteiger partial charge in [-0.05, 0) is 49.2 Å². The molecule has 0 spiro atoms. The van der Waals surface area contributed by atoms with Gasteiger partial charge >= 0.3 is 6.09 Å². The zero-order valence-electron chi connectivity index (χ0n) is 16.4. The van der Waals surface area contributed by atoms with Crippen molar-refractivity contribution in [2.75, 3.05) is 44.7 Å². The summed E-state index contributed by atoms with van der Waals surface area (Å²) in [6.07, 6.45) is 0.724. The highest BCUT2D eigenvalue weighted by molar-refractivity contribution is 5.65. The number of carbonyl (C=O) groups excluding carboxylic acids is 1. The second-order valence-electron chi connectivity index (χ2n) is 7.01. The van der Waals surface area contributed by atoms with Gasteiger partial charge in [-0.15, -0.1) is 0 Å². The number of ether oxygens (including phenoxy) is 2. The van der Waals surface area contributed by atoms with Gasteiger partial charge in [0.25, 0.3) is 0 Å². The number of nitrogens with zero attached hydrogens (tertiary/aromatic N) is 2. The number of rotatable bonds is 8. The average Bonchev–Trinajstić information content (AvgIpc) is 2.74. The summed E-state index contributed by atoms with van der Waals surface area (Å²) < 4.78 is 10.5. The van der Waals surface area contributed by atoms with E-state index in [1.54, 1.807) is 7.11 Å². The number of hydrogen-bond donors (Lipinski definition) is 1. The van der Waals surface area contributed by atoms with Crippen molar-refractivity contribution in [1.29, 1.82) is 0 Å². The maximum atomic E-state index is 11.2. The quantitative estimate of drug-likeness (QED) is 0.756. The van der Waals surface area contributed by atoms with E-state index in [0.29, 0.717) is 0 Å². The number of carbonyl (C=O) groups is 1. The van der Waals surface area contributed by atoms with Crippen LogP contribution in [-0.2, 0) is 4.74 Å². The van der Waals surface area contributed by atoms with Gasteiger partial charge in [-0.2, -0.15) is 0 Å². The number of nitrogens with two attached hydrogens (primary N) is 1. The van der Waals surface area contributed by atoms with Gasteiger partial charge in [-0.3, -0.25) is 4.90 Å². The van der Waals surface area contributed by atoms with Gasteiger partial charge in [0, 0.05) is 31.9 Å². The third-order valence-electron chi connectivity index (χ3n) is 5.18. The minimum Gasteiger partial charge on any atom is -0.497 e. The standard InChI is InChI=1S/C22H29N3O3/c1-27-20-11-9-19(10-12-20)25-16-14-24(15-17-25)13-5-8-21(28-22(23)26)18-6-3-2-4-7-18/h2-4,6-7,9-12,21H,5,8,13-17H2,1H3,(H2,23,26)/t21-/m1/s1. The number of hydrogen-bond acceptors (Lipinski definition) is 5. The Morgan fingerprint density at radius 1 is 1.04 bits per heavy atom. The topological polar surface area (TPSA) is 68.0 Å². The molecule has 0 aromatic heterocycles. The maximum absolute atomic E-state index is 11.2. The Morgan fingerprint density at radius 3 is 2.32 bits per heavy atom. The molecule has 0 saturated carbocycles. The van der Waals surface area contributed by atoms with Crippen LogP contribution in [0, 0.1) is 0 Å². The fourth-order valence-electron chi connectivity index (χ4n) is 3.62. The Labute approximate surface area is 166 Å². The first-order chi connectivity index (χ1) is 13.7. The average molecular weight is 383 g/mol. The summed E-state index contributed by atoms with van der Waals surface area (Å²) in [6.45, 7) is 5.05. The van der Waals surface area contributed by atoms with E-state index in [-0.39, 0.29) is 6.10 Å². The molecule has 0 bridgehead atoms. The van der Waals surface area contributed by atoms with Gasteiger partial charge in [0.15, 0.2) is 0 Å². The van der Waals surface area contributed by atoms with Crippen LogP contribution in [-0.4, -0.2) is 50.8 Å². The molecule has 1 heterocycles. The first kappa shape index (κ1) is 20.0. The van der Waals surface area contributed by atoms with Crippen molar-refractivity contribution in [3.05, 3.63) is 60.2 Å². The second kappa shape index (κ2) is 9.99. The van der Waals surface area contributed by atoms with E-state index in [0.717, 1.165) is 56.9 Å². The van der Waals surface area contributed by atoms with Crippen molar-refractivity contribution in [3.8, 4) is 5.75 Å². The number of piperazine rings is 1. The third kappa shape index (κ3) is 5.63. The van der Waals surface area contributed by atoms with Gasteiger partial charge in [0.2, 0.25) is 0 Å². The highest BCUT2D eigenvalue weighted by atomic mass is 16.6. The molecule has 2 aromatic rings. The van der Waals surface area contributed by atoms with E-state index in [1.165, 1.54) is 5.69 Å². The largest absolute Gasteiger partial charge is 0.497 e. The minimum absolute atomic E-state index is 0.278. The van der Waals surface area contributed by atoms with Gasteiger partial charge < -0.3 is 20.1 Å². The molecule has 6 heteroatoms. The Kier molecular flexibility index (Phi) is 7.14. The minimum atomic E-state index is -0.720. The van der Waals surface area contributed by atoms with Gasteiger partial charge in [0.05, 0.1) is 7.11 Å². The maximum Gasteiger partial charge on any atom is 0.405 e. The van der Waals surface area contributed by atoms with E-state index in [9.17, 15) is 4.79 Å². The molecule has 2 aromatic carbocycles. The van der Waals surface area contributed by atoms with Crippen LogP contribution in [0.3, 0.4) is 0 Å². The van der Waals surface area contributed by atoms with Crippen LogP contribution < -0.4 is 15.4 Å². The molecular weight excluding hydrogens is 354 g/mol. The summed E-state index contributed by atoms with van der Waals surface area (Å²) in [5.41, 5.74) is 7.48. The number of benzene rings is 2. The molecule has 1 fully saturated rings. The third-order valence-corrected chi connectivity index (χ3v) is 5.18. The first-order valence-electron chi connectivity index (χ1n) is 9.78. The van der Waals surface area contributed by atoms with Gasteiger partial charge in [0.1, 0.15) is 11.9 Å². The van der Waals surface area contributed by atoms with Crippen LogP contribution in [0.4, 0.5) is 10.5 Å². The molecule has 1 saturated heterocycles. The molecule has 1 aliphatic rings.